The summed E-state index contributed by atoms with van der Waals surface area (Å²) in [6.07, 6.45) is 1.70. The van der Waals surface area contributed by atoms with Crippen LogP contribution in [0.15, 0.2) is 75.0 Å². The molecule has 3 aromatic rings. The lowest BCUT2D eigenvalue weighted by Crippen LogP contribution is -2.19. The van der Waals surface area contributed by atoms with Crippen LogP contribution < -0.4 is 10.1 Å². The molecule has 2 heterocycles. The van der Waals surface area contributed by atoms with Crippen molar-refractivity contribution in [2.75, 3.05) is 6.61 Å². The number of amides is 1. The molecule has 7 heteroatoms. The Balaban J connectivity index is 1.50. The van der Waals surface area contributed by atoms with Gasteiger partial charge in [0.15, 0.2) is 5.17 Å². The van der Waals surface area contributed by atoms with E-state index in [9.17, 15) is 4.79 Å². The van der Waals surface area contributed by atoms with E-state index in [0.29, 0.717) is 33.2 Å². The third-order valence-corrected chi connectivity index (χ3v) is 5.18. The number of carbonyl (C=O) groups excluding carboxylic acids is 1. The predicted molar refractivity (Wildman–Crippen MR) is 118 cm³/mol. The monoisotopic (exact) mass is 424 g/mol. The first-order chi connectivity index (χ1) is 14.1. The Morgan fingerprint density at radius 2 is 2.00 bits per heavy atom. The summed E-state index contributed by atoms with van der Waals surface area (Å²) >= 11 is 7.30. The van der Waals surface area contributed by atoms with Gasteiger partial charge in [0.2, 0.25) is 0 Å². The molecule has 0 atom stereocenters. The van der Waals surface area contributed by atoms with Crippen molar-refractivity contribution in [2.24, 2.45) is 4.99 Å². The number of halogens is 1. The first-order valence-corrected chi connectivity index (χ1v) is 10.2. The van der Waals surface area contributed by atoms with Crippen LogP contribution in [-0.2, 0) is 4.79 Å². The van der Waals surface area contributed by atoms with Crippen molar-refractivity contribution >= 4 is 46.2 Å². The number of hydrogen-bond acceptors (Lipinski definition) is 5. The van der Waals surface area contributed by atoms with Gasteiger partial charge in [-0.25, -0.2) is 4.99 Å². The lowest BCUT2D eigenvalue weighted by atomic mass is 10.2. The summed E-state index contributed by atoms with van der Waals surface area (Å²) in [4.78, 5) is 17.3. The van der Waals surface area contributed by atoms with Crippen molar-refractivity contribution in [1.82, 2.24) is 5.32 Å². The van der Waals surface area contributed by atoms with Gasteiger partial charge in [-0.2, -0.15) is 0 Å². The third kappa shape index (κ3) is 4.72. The van der Waals surface area contributed by atoms with E-state index in [1.807, 2.05) is 67.6 Å². The van der Waals surface area contributed by atoms with Gasteiger partial charge < -0.3 is 14.5 Å². The zero-order chi connectivity index (χ0) is 20.2. The molecule has 1 aliphatic rings. The molecular weight excluding hydrogens is 408 g/mol. The van der Waals surface area contributed by atoms with Crippen LogP contribution in [-0.4, -0.2) is 17.7 Å². The lowest BCUT2D eigenvalue weighted by molar-refractivity contribution is -0.115. The van der Waals surface area contributed by atoms with Crippen LogP contribution in [0.25, 0.3) is 17.4 Å². The summed E-state index contributed by atoms with van der Waals surface area (Å²) in [7, 11) is 0. The van der Waals surface area contributed by atoms with Crippen molar-refractivity contribution < 1.29 is 13.9 Å². The Morgan fingerprint density at radius 1 is 1.17 bits per heavy atom. The molecule has 1 fully saturated rings. The second-order valence-corrected chi connectivity index (χ2v) is 7.59. The van der Waals surface area contributed by atoms with Gasteiger partial charge >= 0.3 is 0 Å². The Kier molecular flexibility index (Phi) is 5.74. The second kappa shape index (κ2) is 8.59. The van der Waals surface area contributed by atoms with Gasteiger partial charge in [0, 0.05) is 16.7 Å². The van der Waals surface area contributed by atoms with Crippen LogP contribution in [0.1, 0.15) is 12.7 Å². The van der Waals surface area contributed by atoms with Crippen LogP contribution in [0.2, 0.25) is 5.02 Å². The quantitative estimate of drug-likeness (QED) is 0.518. The Bertz CT molecular complexity index is 1100. The van der Waals surface area contributed by atoms with Gasteiger partial charge in [-0.3, -0.25) is 4.79 Å². The lowest BCUT2D eigenvalue weighted by Gasteiger charge is -2.02. The number of nitrogens with zero attached hydrogens (tertiary/aromatic N) is 1. The van der Waals surface area contributed by atoms with Crippen molar-refractivity contribution in [1.29, 1.82) is 0 Å². The number of amidine groups is 1. The summed E-state index contributed by atoms with van der Waals surface area (Å²) in [6.45, 7) is 2.55. The van der Waals surface area contributed by atoms with Crippen LogP contribution in [0.3, 0.4) is 0 Å². The number of rotatable bonds is 5. The summed E-state index contributed by atoms with van der Waals surface area (Å²) in [5, 5.41) is 3.93. The second-order valence-electron chi connectivity index (χ2n) is 6.12. The van der Waals surface area contributed by atoms with Crippen molar-refractivity contribution in [2.45, 2.75) is 6.92 Å². The number of carbonyl (C=O) groups is 1. The highest BCUT2D eigenvalue weighted by molar-refractivity contribution is 8.18. The minimum Gasteiger partial charge on any atom is -0.494 e. The average molecular weight is 425 g/mol. The van der Waals surface area contributed by atoms with Crippen LogP contribution in [0, 0.1) is 0 Å². The molecule has 0 aliphatic carbocycles. The normalized spacial score (nSPS) is 16.4. The number of hydrogen-bond donors (Lipinski definition) is 1. The zero-order valence-electron chi connectivity index (χ0n) is 15.5. The molecule has 1 N–H and O–H groups in total. The summed E-state index contributed by atoms with van der Waals surface area (Å²) in [6, 6.07) is 18.5. The van der Waals surface area contributed by atoms with Gasteiger partial charge in [0.25, 0.3) is 5.91 Å². The maximum Gasteiger partial charge on any atom is 0.264 e. The maximum absolute atomic E-state index is 12.3. The Labute approximate surface area is 177 Å². The summed E-state index contributed by atoms with van der Waals surface area (Å²) in [5.74, 6) is 1.85. The standard InChI is InChI=1S/C22H17ClN2O3S/c1-2-27-17-8-6-16(7-9-17)24-22-25-21(26)20(29-22)13-18-10-11-19(28-18)14-4-3-5-15(23)12-14/h3-13H,2H2,1H3,(H,24,25,26). The van der Waals surface area contributed by atoms with Gasteiger partial charge in [-0.15, -0.1) is 0 Å². The molecule has 5 nitrogen and oxygen atoms in total. The number of ether oxygens (including phenoxy) is 1. The minimum atomic E-state index is -0.208. The highest BCUT2D eigenvalue weighted by Gasteiger charge is 2.24. The molecule has 0 unspecified atom stereocenters. The van der Waals surface area contributed by atoms with Gasteiger partial charge in [0.1, 0.15) is 17.3 Å². The summed E-state index contributed by atoms with van der Waals surface area (Å²) in [5.41, 5.74) is 1.61. The molecule has 1 aliphatic heterocycles. The fourth-order valence-corrected chi connectivity index (χ4v) is 3.75. The van der Waals surface area contributed by atoms with Gasteiger partial charge in [0.05, 0.1) is 17.2 Å². The minimum absolute atomic E-state index is 0.208. The molecule has 146 valence electrons. The first kappa shape index (κ1) is 19.4. The van der Waals surface area contributed by atoms with E-state index >= 15 is 0 Å². The molecule has 0 saturated carbocycles. The topological polar surface area (TPSA) is 63.8 Å². The fourth-order valence-electron chi connectivity index (χ4n) is 2.74. The smallest absolute Gasteiger partial charge is 0.264 e. The highest BCUT2D eigenvalue weighted by Crippen LogP contribution is 2.31. The van der Waals surface area contributed by atoms with Crippen molar-refractivity contribution in [3.05, 3.63) is 76.4 Å². The van der Waals surface area contributed by atoms with E-state index in [0.717, 1.165) is 17.0 Å². The number of thioether (sulfide) groups is 1. The molecule has 1 saturated heterocycles. The van der Waals surface area contributed by atoms with E-state index in [2.05, 4.69) is 10.3 Å². The first-order valence-electron chi connectivity index (χ1n) is 8.99. The van der Waals surface area contributed by atoms with E-state index in [1.54, 1.807) is 6.08 Å². The molecule has 0 bridgehead atoms. The molecule has 2 aromatic carbocycles. The van der Waals surface area contributed by atoms with E-state index in [1.165, 1.54) is 11.8 Å². The zero-order valence-corrected chi connectivity index (χ0v) is 17.1. The fraction of sp³-hybridized carbons (Fsp3) is 0.0909. The molecule has 1 amide bonds. The number of aliphatic imine (C=N–C) groups is 1. The Morgan fingerprint density at radius 3 is 2.76 bits per heavy atom. The maximum atomic E-state index is 12.3. The van der Waals surface area contributed by atoms with E-state index in [4.69, 9.17) is 20.8 Å². The van der Waals surface area contributed by atoms with Crippen molar-refractivity contribution in [3.8, 4) is 17.1 Å². The van der Waals surface area contributed by atoms with Crippen LogP contribution in [0.4, 0.5) is 5.69 Å². The molecule has 0 radical (unpaired) electrons. The van der Waals surface area contributed by atoms with Gasteiger partial charge in [-0.05, 0) is 67.2 Å². The van der Waals surface area contributed by atoms with Gasteiger partial charge in [-0.1, -0.05) is 23.7 Å². The molecule has 1 aromatic heterocycles. The molecule has 4 rings (SSSR count). The third-order valence-electron chi connectivity index (χ3n) is 4.04. The largest absolute Gasteiger partial charge is 0.494 e. The van der Waals surface area contributed by atoms with Crippen molar-refractivity contribution in [3.63, 3.8) is 0 Å². The Hall–Kier alpha value is -2.96. The number of furan rings is 1. The highest BCUT2D eigenvalue weighted by atomic mass is 35.5. The molecule has 0 spiro atoms. The summed E-state index contributed by atoms with van der Waals surface area (Å²) < 4.78 is 11.3. The average Bonchev–Trinajstić information content (AvgIpc) is 3.31. The van der Waals surface area contributed by atoms with E-state index in [-0.39, 0.29) is 5.91 Å². The molecular formula is C22H17ClN2O3S. The molecule has 29 heavy (non-hydrogen) atoms. The van der Waals surface area contributed by atoms with Crippen LogP contribution in [0.5, 0.6) is 5.75 Å². The van der Waals surface area contributed by atoms with E-state index < -0.39 is 0 Å². The van der Waals surface area contributed by atoms with Crippen LogP contribution >= 0.6 is 23.4 Å². The SMILES string of the molecule is CCOc1ccc(N=C2NC(=O)C(=Cc3ccc(-c4cccc(Cl)c4)o3)S2)cc1. The number of nitrogens with one attached hydrogen (secondary N) is 1. The number of benzene rings is 2. The predicted octanol–water partition coefficient (Wildman–Crippen LogP) is 5.89.